The molecule has 1 aromatic carbocycles. The van der Waals surface area contributed by atoms with Gasteiger partial charge in [0.25, 0.3) is 0 Å². The lowest BCUT2D eigenvalue weighted by Gasteiger charge is -2.34. The lowest BCUT2D eigenvalue weighted by molar-refractivity contribution is 0.539. The Morgan fingerprint density at radius 2 is 2.15 bits per heavy atom. The van der Waals surface area contributed by atoms with Crippen LogP contribution in [0.1, 0.15) is 41.6 Å². The molecule has 2 aromatic rings. The Morgan fingerprint density at radius 3 is 3.00 bits per heavy atom. The SMILES string of the molecule is NC1CC2CCN(Cc3ccccn3)c3cccc1c32. The fourth-order valence-electron chi connectivity index (χ4n) is 3.71. The lowest BCUT2D eigenvalue weighted by atomic mass is 9.91. The summed E-state index contributed by atoms with van der Waals surface area (Å²) >= 11 is 0. The monoisotopic (exact) mass is 265 g/mol. The van der Waals surface area contributed by atoms with E-state index in [-0.39, 0.29) is 6.04 Å². The van der Waals surface area contributed by atoms with Crippen molar-refractivity contribution in [3.63, 3.8) is 0 Å². The van der Waals surface area contributed by atoms with Crippen LogP contribution in [0.15, 0.2) is 42.6 Å². The Labute approximate surface area is 119 Å². The molecule has 0 saturated carbocycles. The highest BCUT2D eigenvalue weighted by atomic mass is 15.1. The first-order valence-electron chi connectivity index (χ1n) is 7.36. The highest BCUT2D eigenvalue weighted by Gasteiger charge is 2.35. The molecule has 1 aliphatic heterocycles. The second kappa shape index (κ2) is 4.60. The molecule has 4 rings (SSSR count). The number of nitrogens with two attached hydrogens (primary N) is 1. The van der Waals surface area contributed by atoms with Gasteiger partial charge in [0.05, 0.1) is 12.2 Å². The molecule has 20 heavy (non-hydrogen) atoms. The van der Waals surface area contributed by atoms with Crippen LogP contribution in [0.25, 0.3) is 0 Å². The van der Waals surface area contributed by atoms with Crippen molar-refractivity contribution in [1.82, 2.24) is 4.98 Å². The molecule has 2 aliphatic rings. The summed E-state index contributed by atoms with van der Waals surface area (Å²) in [6, 6.07) is 12.9. The molecule has 3 nitrogen and oxygen atoms in total. The zero-order valence-corrected chi connectivity index (χ0v) is 11.5. The molecule has 2 N–H and O–H groups in total. The Balaban J connectivity index is 1.71. The zero-order chi connectivity index (χ0) is 13.5. The number of aromatic nitrogens is 1. The zero-order valence-electron chi connectivity index (χ0n) is 11.5. The van der Waals surface area contributed by atoms with E-state index in [2.05, 4.69) is 40.2 Å². The number of hydrogen-bond acceptors (Lipinski definition) is 3. The van der Waals surface area contributed by atoms with Crippen molar-refractivity contribution in [2.45, 2.75) is 31.3 Å². The topological polar surface area (TPSA) is 42.1 Å². The lowest BCUT2D eigenvalue weighted by Crippen LogP contribution is -2.30. The van der Waals surface area contributed by atoms with Crippen LogP contribution in [0, 0.1) is 0 Å². The minimum Gasteiger partial charge on any atom is -0.365 e. The third-order valence-corrected chi connectivity index (χ3v) is 4.63. The third-order valence-electron chi connectivity index (χ3n) is 4.63. The van der Waals surface area contributed by atoms with Gasteiger partial charge in [0.1, 0.15) is 0 Å². The van der Waals surface area contributed by atoms with Gasteiger partial charge < -0.3 is 10.6 Å². The second-order valence-electron chi connectivity index (χ2n) is 5.85. The number of pyridine rings is 1. The van der Waals surface area contributed by atoms with Gasteiger partial charge in [-0.1, -0.05) is 18.2 Å². The predicted octanol–water partition coefficient (Wildman–Crippen LogP) is 2.98. The van der Waals surface area contributed by atoms with Crippen molar-refractivity contribution in [2.24, 2.45) is 5.73 Å². The first kappa shape index (κ1) is 11.9. The highest BCUT2D eigenvalue weighted by Crippen LogP contribution is 2.48. The number of nitrogens with zero attached hydrogens (tertiary/aromatic N) is 2. The van der Waals surface area contributed by atoms with Crippen LogP contribution in [0.4, 0.5) is 5.69 Å². The second-order valence-corrected chi connectivity index (χ2v) is 5.85. The minimum atomic E-state index is 0.227. The summed E-state index contributed by atoms with van der Waals surface area (Å²) in [4.78, 5) is 6.91. The van der Waals surface area contributed by atoms with E-state index in [0.29, 0.717) is 5.92 Å². The molecule has 0 radical (unpaired) electrons. The molecule has 1 aliphatic carbocycles. The first-order valence-corrected chi connectivity index (χ1v) is 7.36. The molecule has 2 heterocycles. The van der Waals surface area contributed by atoms with Crippen molar-refractivity contribution in [1.29, 1.82) is 0 Å². The molecule has 0 fully saturated rings. The average molecular weight is 265 g/mol. The van der Waals surface area contributed by atoms with Crippen LogP contribution < -0.4 is 10.6 Å². The fraction of sp³-hybridized carbons (Fsp3) is 0.353. The van der Waals surface area contributed by atoms with Gasteiger partial charge in [0.15, 0.2) is 0 Å². The van der Waals surface area contributed by atoms with Gasteiger partial charge in [-0.3, -0.25) is 4.98 Å². The smallest absolute Gasteiger partial charge is 0.0602 e. The van der Waals surface area contributed by atoms with Gasteiger partial charge in [-0.05, 0) is 48.1 Å². The van der Waals surface area contributed by atoms with Crippen LogP contribution in [-0.2, 0) is 6.54 Å². The van der Waals surface area contributed by atoms with E-state index in [1.165, 1.54) is 23.2 Å². The van der Waals surface area contributed by atoms with Crippen molar-refractivity contribution >= 4 is 5.69 Å². The average Bonchev–Trinajstić information content (AvgIpc) is 2.82. The van der Waals surface area contributed by atoms with Crippen molar-refractivity contribution in [3.05, 3.63) is 59.4 Å². The maximum absolute atomic E-state index is 6.28. The van der Waals surface area contributed by atoms with Crippen LogP contribution in [0.2, 0.25) is 0 Å². The van der Waals surface area contributed by atoms with Gasteiger partial charge in [-0.25, -0.2) is 0 Å². The summed E-state index contributed by atoms with van der Waals surface area (Å²) in [6.07, 6.45) is 4.20. The van der Waals surface area contributed by atoms with Gasteiger partial charge in [-0.15, -0.1) is 0 Å². The summed E-state index contributed by atoms with van der Waals surface area (Å²) in [5, 5.41) is 0. The molecule has 0 saturated heterocycles. The van der Waals surface area contributed by atoms with Gasteiger partial charge in [0.2, 0.25) is 0 Å². The predicted molar refractivity (Wildman–Crippen MR) is 80.6 cm³/mol. The molecule has 0 amide bonds. The molecular weight excluding hydrogens is 246 g/mol. The number of hydrogen-bond donors (Lipinski definition) is 1. The van der Waals surface area contributed by atoms with Gasteiger partial charge in [0, 0.05) is 24.5 Å². The summed E-state index contributed by atoms with van der Waals surface area (Å²) < 4.78 is 0. The summed E-state index contributed by atoms with van der Waals surface area (Å²) in [6.45, 7) is 1.99. The Bertz CT molecular complexity index is 623. The quantitative estimate of drug-likeness (QED) is 0.907. The maximum Gasteiger partial charge on any atom is 0.0602 e. The van der Waals surface area contributed by atoms with E-state index < -0.39 is 0 Å². The molecule has 3 heteroatoms. The molecule has 0 spiro atoms. The van der Waals surface area contributed by atoms with Crippen LogP contribution in [0.5, 0.6) is 0 Å². The Kier molecular flexibility index (Phi) is 2.74. The van der Waals surface area contributed by atoms with E-state index >= 15 is 0 Å². The van der Waals surface area contributed by atoms with Crippen molar-refractivity contribution in [2.75, 3.05) is 11.4 Å². The van der Waals surface area contributed by atoms with Crippen molar-refractivity contribution in [3.8, 4) is 0 Å². The van der Waals surface area contributed by atoms with Crippen LogP contribution >= 0.6 is 0 Å². The number of benzene rings is 1. The molecule has 2 unspecified atom stereocenters. The van der Waals surface area contributed by atoms with Crippen LogP contribution in [0.3, 0.4) is 0 Å². The minimum absolute atomic E-state index is 0.227. The summed E-state index contributed by atoms with van der Waals surface area (Å²) in [7, 11) is 0. The van der Waals surface area contributed by atoms with Gasteiger partial charge in [-0.2, -0.15) is 0 Å². The third kappa shape index (κ3) is 1.81. The van der Waals surface area contributed by atoms with E-state index in [9.17, 15) is 0 Å². The summed E-state index contributed by atoms with van der Waals surface area (Å²) in [5.41, 5.74) is 11.6. The molecular formula is C17H19N3. The Morgan fingerprint density at radius 1 is 1.20 bits per heavy atom. The maximum atomic E-state index is 6.28. The highest BCUT2D eigenvalue weighted by molar-refractivity contribution is 5.63. The standard InChI is InChI=1S/C17H19N3/c18-15-10-12-7-9-20(11-13-4-1-2-8-19-13)16-6-3-5-14(15)17(12)16/h1-6,8,12,15H,7,9-11,18H2. The van der Waals surface area contributed by atoms with E-state index in [1.807, 2.05) is 12.3 Å². The fourth-order valence-corrected chi connectivity index (χ4v) is 3.71. The van der Waals surface area contributed by atoms with E-state index in [4.69, 9.17) is 5.73 Å². The number of anilines is 1. The first-order chi connectivity index (χ1) is 9.83. The molecule has 0 bridgehead atoms. The normalized spacial score (nSPS) is 23.8. The Hall–Kier alpha value is -1.87. The largest absolute Gasteiger partial charge is 0.365 e. The van der Waals surface area contributed by atoms with Gasteiger partial charge >= 0.3 is 0 Å². The molecule has 1 aromatic heterocycles. The molecule has 102 valence electrons. The molecule has 2 atom stereocenters. The van der Waals surface area contributed by atoms with E-state index in [0.717, 1.165) is 25.2 Å². The number of rotatable bonds is 2. The van der Waals surface area contributed by atoms with E-state index in [1.54, 1.807) is 0 Å². The van der Waals surface area contributed by atoms with Crippen LogP contribution in [-0.4, -0.2) is 11.5 Å². The van der Waals surface area contributed by atoms with Crippen molar-refractivity contribution < 1.29 is 0 Å². The summed E-state index contributed by atoms with van der Waals surface area (Å²) in [5.74, 6) is 0.663.